The number of fused-ring (bicyclic) bond motifs is 1. The maximum absolute atomic E-state index is 13.0. The zero-order chi connectivity index (χ0) is 17.5. The standard InChI is InChI=1S/C17H20N4OS2/c1-10-5-6-12-11(2)8-17(3,4)21(13(12)7-10)14(22)9-23-16-20-19-15(18)24-16/h5-8H,9H2,1-4H3,(H2,18,19). The normalized spacial score (nSPS) is 15.8. The summed E-state index contributed by atoms with van der Waals surface area (Å²) in [5, 5.41) is 8.17. The second kappa shape index (κ2) is 6.22. The number of carbonyl (C=O) groups excluding carboxylic acids is 1. The number of rotatable bonds is 3. The molecular weight excluding hydrogens is 340 g/mol. The topological polar surface area (TPSA) is 72.1 Å². The number of benzene rings is 1. The molecule has 0 saturated carbocycles. The van der Waals surface area contributed by atoms with Gasteiger partial charge in [-0.15, -0.1) is 10.2 Å². The first kappa shape index (κ1) is 17.0. The number of allylic oxidation sites excluding steroid dienone is 1. The summed E-state index contributed by atoms with van der Waals surface area (Å²) in [6.45, 7) is 8.26. The van der Waals surface area contributed by atoms with Crippen molar-refractivity contribution < 1.29 is 4.79 Å². The highest BCUT2D eigenvalue weighted by atomic mass is 32.2. The highest BCUT2D eigenvalue weighted by Crippen LogP contribution is 2.40. The summed E-state index contributed by atoms with van der Waals surface area (Å²) in [5.41, 5.74) is 9.64. The molecule has 126 valence electrons. The van der Waals surface area contributed by atoms with Gasteiger partial charge in [-0.25, -0.2) is 0 Å². The molecule has 2 aromatic rings. The number of nitrogen functional groups attached to an aromatic ring is 1. The maximum Gasteiger partial charge on any atom is 0.238 e. The number of aromatic nitrogens is 2. The Labute approximate surface area is 150 Å². The van der Waals surface area contributed by atoms with Gasteiger partial charge in [-0.2, -0.15) is 0 Å². The summed E-state index contributed by atoms with van der Waals surface area (Å²) < 4.78 is 0.715. The predicted octanol–water partition coefficient (Wildman–Crippen LogP) is 3.75. The average Bonchev–Trinajstić information content (AvgIpc) is 2.89. The molecule has 0 saturated heterocycles. The first-order valence-electron chi connectivity index (χ1n) is 7.63. The van der Waals surface area contributed by atoms with Crippen LogP contribution in [0.4, 0.5) is 10.8 Å². The van der Waals surface area contributed by atoms with Crippen LogP contribution in [0.3, 0.4) is 0 Å². The average molecular weight is 361 g/mol. The molecule has 2 heterocycles. The van der Waals surface area contributed by atoms with Gasteiger partial charge in [0.1, 0.15) is 0 Å². The molecule has 0 atom stereocenters. The third-order valence-corrected chi connectivity index (χ3v) is 5.83. The van der Waals surface area contributed by atoms with Crippen molar-refractivity contribution in [3.8, 4) is 0 Å². The largest absolute Gasteiger partial charge is 0.374 e. The Kier molecular flexibility index (Phi) is 4.40. The minimum atomic E-state index is -0.372. The Morgan fingerprint density at radius 3 is 2.75 bits per heavy atom. The minimum absolute atomic E-state index is 0.0503. The molecule has 1 amide bonds. The summed E-state index contributed by atoms with van der Waals surface area (Å²) >= 11 is 2.68. The number of anilines is 2. The molecule has 0 bridgehead atoms. The lowest BCUT2D eigenvalue weighted by Crippen LogP contribution is -2.49. The molecule has 1 aromatic carbocycles. The molecule has 3 rings (SSSR count). The minimum Gasteiger partial charge on any atom is -0.374 e. The first-order valence-corrected chi connectivity index (χ1v) is 9.43. The van der Waals surface area contributed by atoms with Crippen molar-refractivity contribution in [1.82, 2.24) is 10.2 Å². The van der Waals surface area contributed by atoms with E-state index in [1.165, 1.54) is 28.7 Å². The van der Waals surface area contributed by atoms with Gasteiger partial charge in [0.05, 0.1) is 17.0 Å². The van der Waals surface area contributed by atoms with Gasteiger partial charge < -0.3 is 10.6 Å². The number of thioether (sulfide) groups is 1. The molecule has 1 aliphatic heterocycles. The fraction of sp³-hybridized carbons (Fsp3) is 0.353. The quantitative estimate of drug-likeness (QED) is 0.844. The molecule has 1 aliphatic rings. The Morgan fingerprint density at radius 1 is 1.33 bits per heavy atom. The van der Waals surface area contributed by atoms with Crippen LogP contribution in [0.25, 0.3) is 5.57 Å². The second-order valence-corrected chi connectivity index (χ2v) is 8.66. The van der Waals surface area contributed by atoms with Crippen molar-refractivity contribution in [3.63, 3.8) is 0 Å². The van der Waals surface area contributed by atoms with E-state index in [4.69, 9.17) is 5.73 Å². The zero-order valence-corrected chi connectivity index (χ0v) is 15.8. The molecule has 0 spiro atoms. The molecule has 7 heteroatoms. The van der Waals surface area contributed by atoms with Gasteiger partial charge in [0.2, 0.25) is 11.0 Å². The van der Waals surface area contributed by atoms with Crippen molar-refractivity contribution in [2.45, 2.75) is 37.6 Å². The van der Waals surface area contributed by atoms with Gasteiger partial charge in [-0.3, -0.25) is 4.79 Å². The SMILES string of the molecule is CC1=CC(C)(C)N(C(=O)CSc2nnc(N)s2)c2cc(C)ccc21. The zero-order valence-electron chi connectivity index (χ0n) is 14.2. The number of hydrogen-bond acceptors (Lipinski definition) is 6. The van der Waals surface area contributed by atoms with Crippen molar-refractivity contribution in [1.29, 1.82) is 0 Å². The van der Waals surface area contributed by atoms with E-state index in [1.807, 2.05) is 11.8 Å². The first-order chi connectivity index (χ1) is 11.3. The molecule has 2 N–H and O–H groups in total. The number of hydrogen-bond donors (Lipinski definition) is 1. The van der Waals surface area contributed by atoms with E-state index in [1.54, 1.807) is 0 Å². The third kappa shape index (κ3) is 3.18. The van der Waals surface area contributed by atoms with E-state index < -0.39 is 0 Å². The summed E-state index contributed by atoms with van der Waals surface area (Å²) in [5.74, 6) is 0.354. The summed E-state index contributed by atoms with van der Waals surface area (Å²) in [6, 6.07) is 6.25. The summed E-state index contributed by atoms with van der Waals surface area (Å²) in [7, 11) is 0. The number of nitrogens with two attached hydrogens (primary N) is 1. The van der Waals surface area contributed by atoms with Crippen LogP contribution in [0.5, 0.6) is 0 Å². The van der Waals surface area contributed by atoms with E-state index >= 15 is 0 Å². The molecule has 0 radical (unpaired) electrons. The number of aryl methyl sites for hydroxylation is 1. The molecule has 0 unspecified atom stereocenters. The van der Waals surface area contributed by atoms with Crippen LogP contribution in [0.2, 0.25) is 0 Å². The summed E-state index contributed by atoms with van der Waals surface area (Å²) in [6.07, 6.45) is 2.15. The molecule has 24 heavy (non-hydrogen) atoms. The Bertz CT molecular complexity index is 826. The van der Waals surface area contributed by atoms with Crippen LogP contribution < -0.4 is 10.6 Å². The van der Waals surface area contributed by atoms with Crippen molar-refractivity contribution >= 4 is 45.4 Å². The fourth-order valence-electron chi connectivity index (χ4n) is 3.07. The highest BCUT2D eigenvalue weighted by Gasteiger charge is 2.35. The summed E-state index contributed by atoms with van der Waals surface area (Å²) in [4.78, 5) is 14.9. The monoisotopic (exact) mass is 360 g/mol. The molecular formula is C17H20N4OS2. The lowest BCUT2D eigenvalue weighted by Gasteiger charge is -2.41. The number of nitrogens with zero attached hydrogens (tertiary/aromatic N) is 3. The van der Waals surface area contributed by atoms with E-state index in [0.29, 0.717) is 15.2 Å². The highest BCUT2D eigenvalue weighted by molar-refractivity contribution is 8.01. The third-order valence-electron chi connectivity index (χ3n) is 3.96. The van der Waals surface area contributed by atoms with E-state index in [0.717, 1.165) is 16.8 Å². The van der Waals surface area contributed by atoms with Gasteiger partial charge in [-0.1, -0.05) is 41.3 Å². The van der Waals surface area contributed by atoms with Gasteiger partial charge in [0.15, 0.2) is 4.34 Å². The van der Waals surface area contributed by atoms with Crippen LogP contribution in [-0.2, 0) is 4.79 Å². The van der Waals surface area contributed by atoms with E-state index in [2.05, 4.69) is 55.2 Å². The van der Waals surface area contributed by atoms with Gasteiger partial charge in [-0.05, 0) is 44.9 Å². The number of carbonyl (C=O) groups is 1. The van der Waals surface area contributed by atoms with Gasteiger partial charge in [0, 0.05) is 5.56 Å². The molecule has 0 fully saturated rings. The lowest BCUT2D eigenvalue weighted by molar-refractivity contribution is -0.116. The van der Waals surface area contributed by atoms with Crippen molar-refractivity contribution in [2.24, 2.45) is 0 Å². The van der Waals surface area contributed by atoms with Gasteiger partial charge >= 0.3 is 0 Å². The Balaban J connectivity index is 1.90. The van der Waals surface area contributed by atoms with Crippen LogP contribution >= 0.6 is 23.1 Å². The predicted molar refractivity (Wildman–Crippen MR) is 101 cm³/mol. The Morgan fingerprint density at radius 2 is 2.08 bits per heavy atom. The van der Waals surface area contributed by atoms with Crippen molar-refractivity contribution in [3.05, 3.63) is 35.4 Å². The van der Waals surface area contributed by atoms with Crippen molar-refractivity contribution in [2.75, 3.05) is 16.4 Å². The number of amides is 1. The smallest absolute Gasteiger partial charge is 0.238 e. The fourth-order valence-corrected chi connectivity index (χ4v) is 4.55. The van der Waals surface area contributed by atoms with Crippen LogP contribution in [0.1, 0.15) is 31.9 Å². The molecule has 0 aliphatic carbocycles. The Hall–Kier alpha value is -1.86. The molecule has 1 aromatic heterocycles. The van der Waals surface area contributed by atoms with Crippen LogP contribution in [-0.4, -0.2) is 27.4 Å². The lowest BCUT2D eigenvalue weighted by atomic mass is 9.88. The van der Waals surface area contributed by atoms with Crippen LogP contribution in [0.15, 0.2) is 28.6 Å². The van der Waals surface area contributed by atoms with Gasteiger partial charge in [0.25, 0.3) is 0 Å². The molecule has 5 nitrogen and oxygen atoms in total. The maximum atomic E-state index is 13.0. The van der Waals surface area contributed by atoms with E-state index in [-0.39, 0.29) is 11.4 Å². The van der Waals surface area contributed by atoms with Crippen LogP contribution in [0, 0.1) is 6.92 Å². The second-order valence-electron chi connectivity index (χ2n) is 6.43. The van der Waals surface area contributed by atoms with E-state index in [9.17, 15) is 4.79 Å².